The minimum absolute atomic E-state index is 0.217. The van der Waals surface area contributed by atoms with Crippen LogP contribution in [0.25, 0.3) is 0 Å². The van der Waals surface area contributed by atoms with E-state index in [0.717, 1.165) is 25.3 Å². The Bertz CT molecular complexity index is 463. The van der Waals surface area contributed by atoms with Gasteiger partial charge in [0.1, 0.15) is 0 Å². The molecule has 120 valence electrons. The van der Waals surface area contributed by atoms with Crippen molar-refractivity contribution in [3.63, 3.8) is 0 Å². The summed E-state index contributed by atoms with van der Waals surface area (Å²) in [6.07, 6.45) is 0.548. The standard InChI is InChI=1S/C16H30N4O/c1-7-19(8-2)15(21)10-11-17-12(4)16-13(5)18-20(9-3)14(16)6/h12,17H,7-11H2,1-6H3. The summed E-state index contributed by atoms with van der Waals surface area (Å²) < 4.78 is 2.03. The molecule has 0 radical (unpaired) electrons. The molecule has 5 heteroatoms. The van der Waals surface area contributed by atoms with E-state index in [2.05, 4.69) is 31.2 Å². The van der Waals surface area contributed by atoms with Gasteiger partial charge in [-0.15, -0.1) is 0 Å². The van der Waals surface area contributed by atoms with Crippen LogP contribution in [0.4, 0.5) is 0 Å². The molecule has 0 aliphatic heterocycles. The number of aryl methyl sites for hydroxylation is 2. The highest BCUT2D eigenvalue weighted by Crippen LogP contribution is 2.21. The van der Waals surface area contributed by atoms with Gasteiger partial charge in [0, 0.05) is 49.9 Å². The SMILES string of the molecule is CCN(CC)C(=O)CCNC(C)c1c(C)nn(CC)c1C. The summed E-state index contributed by atoms with van der Waals surface area (Å²) in [6.45, 7) is 15.6. The van der Waals surface area contributed by atoms with Crippen molar-refractivity contribution >= 4 is 5.91 Å². The predicted octanol–water partition coefficient (Wildman–Crippen LogP) is 2.43. The van der Waals surface area contributed by atoms with E-state index in [0.29, 0.717) is 13.0 Å². The third kappa shape index (κ3) is 4.30. The number of carbonyl (C=O) groups excluding carboxylic acids is 1. The van der Waals surface area contributed by atoms with Gasteiger partial charge >= 0.3 is 0 Å². The Morgan fingerprint density at radius 2 is 1.90 bits per heavy atom. The van der Waals surface area contributed by atoms with Crippen molar-refractivity contribution in [1.29, 1.82) is 0 Å². The molecule has 1 unspecified atom stereocenters. The molecule has 1 heterocycles. The molecule has 1 atom stereocenters. The van der Waals surface area contributed by atoms with Crippen molar-refractivity contribution in [3.8, 4) is 0 Å². The molecule has 0 spiro atoms. The first-order valence-corrected chi connectivity index (χ1v) is 8.01. The smallest absolute Gasteiger partial charge is 0.223 e. The highest BCUT2D eigenvalue weighted by Gasteiger charge is 2.17. The molecule has 0 saturated carbocycles. The fraction of sp³-hybridized carbons (Fsp3) is 0.750. The van der Waals surface area contributed by atoms with Gasteiger partial charge in [-0.2, -0.15) is 5.10 Å². The fourth-order valence-electron chi connectivity index (χ4n) is 2.88. The van der Waals surface area contributed by atoms with Crippen LogP contribution in [0, 0.1) is 13.8 Å². The van der Waals surface area contributed by atoms with Gasteiger partial charge < -0.3 is 10.2 Å². The maximum atomic E-state index is 12.0. The van der Waals surface area contributed by atoms with E-state index in [1.54, 1.807) is 0 Å². The van der Waals surface area contributed by atoms with Crippen LogP contribution in [0.1, 0.15) is 57.1 Å². The average Bonchev–Trinajstić information content (AvgIpc) is 2.74. The summed E-state index contributed by atoms with van der Waals surface area (Å²) in [4.78, 5) is 13.9. The van der Waals surface area contributed by atoms with Crippen LogP contribution in [-0.2, 0) is 11.3 Å². The molecule has 1 rings (SSSR count). The topological polar surface area (TPSA) is 50.2 Å². The van der Waals surface area contributed by atoms with E-state index >= 15 is 0 Å². The van der Waals surface area contributed by atoms with Crippen molar-refractivity contribution < 1.29 is 4.79 Å². The lowest BCUT2D eigenvalue weighted by molar-refractivity contribution is -0.130. The Hall–Kier alpha value is -1.36. The summed E-state index contributed by atoms with van der Waals surface area (Å²) in [5.41, 5.74) is 3.54. The molecule has 0 aromatic carbocycles. The van der Waals surface area contributed by atoms with Gasteiger partial charge in [-0.3, -0.25) is 9.48 Å². The van der Waals surface area contributed by atoms with Gasteiger partial charge in [-0.25, -0.2) is 0 Å². The predicted molar refractivity (Wildman–Crippen MR) is 86.3 cm³/mol. The number of hydrogen-bond donors (Lipinski definition) is 1. The van der Waals surface area contributed by atoms with Gasteiger partial charge in [-0.1, -0.05) is 0 Å². The number of nitrogens with one attached hydrogen (secondary N) is 1. The molecule has 21 heavy (non-hydrogen) atoms. The maximum Gasteiger partial charge on any atom is 0.223 e. The zero-order valence-corrected chi connectivity index (χ0v) is 14.4. The van der Waals surface area contributed by atoms with Crippen LogP contribution in [0.5, 0.6) is 0 Å². The first-order chi connectivity index (χ1) is 9.96. The van der Waals surface area contributed by atoms with Crippen molar-refractivity contribution in [2.45, 2.75) is 60.5 Å². The Morgan fingerprint density at radius 3 is 2.38 bits per heavy atom. The average molecular weight is 294 g/mol. The van der Waals surface area contributed by atoms with E-state index in [1.165, 1.54) is 11.3 Å². The first kappa shape index (κ1) is 17.7. The third-order valence-electron chi connectivity index (χ3n) is 4.08. The van der Waals surface area contributed by atoms with Crippen LogP contribution in [0.3, 0.4) is 0 Å². The van der Waals surface area contributed by atoms with Crippen molar-refractivity contribution in [2.75, 3.05) is 19.6 Å². The number of rotatable bonds is 8. The van der Waals surface area contributed by atoms with Crippen molar-refractivity contribution in [3.05, 3.63) is 17.0 Å². The normalized spacial score (nSPS) is 12.5. The molecule has 0 fully saturated rings. The summed E-state index contributed by atoms with van der Waals surface area (Å²) in [5, 5.41) is 8.00. The van der Waals surface area contributed by atoms with Gasteiger partial charge in [0.2, 0.25) is 5.91 Å². The summed E-state index contributed by atoms with van der Waals surface area (Å²) >= 11 is 0. The maximum absolute atomic E-state index is 12.0. The molecule has 0 saturated heterocycles. The number of amides is 1. The van der Waals surface area contributed by atoms with E-state index in [-0.39, 0.29) is 11.9 Å². The monoisotopic (exact) mass is 294 g/mol. The van der Waals surface area contributed by atoms with Gasteiger partial charge in [0.25, 0.3) is 0 Å². The molecule has 5 nitrogen and oxygen atoms in total. The second kappa shape index (κ2) is 8.17. The van der Waals surface area contributed by atoms with E-state index in [1.807, 2.05) is 30.4 Å². The van der Waals surface area contributed by atoms with Crippen LogP contribution >= 0.6 is 0 Å². The molecule has 0 aliphatic rings. The minimum Gasteiger partial charge on any atom is -0.343 e. The third-order valence-corrected chi connectivity index (χ3v) is 4.08. The Kier molecular flexibility index (Phi) is 6.89. The molecule has 1 aromatic heterocycles. The van der Waals surface area contributed by atoms with Gasteiger partial charge in [0.15, 0.2) is 0 Å². The largest absolute Gasteiger partial charge is 0.343 e. The highest BCUT2D eigenvalue weighted by molar-refractivity contribution is 5.76. The summed E-state index contributed by atoms with van der Waals surface area (Å²) in [5.74, 6) is 0.220. The molecule has 1 aromatic rings. The van der Waals surface area contributed by atoms with Crippen molar-refractivity contribution in [1.82, 2.24) is 20.0 Å². The molecule has 0 aliphatic carbocycles. The second-order valence-corrected chi connectivity index (χ2v) is 5.39. The minimum atomic E-state index is 0.217. The van der Waals surface area contributed by atoms with Gasteiger partial charge in [0.05, 0.1) is 5.69 Å². The highest BCUT2D eigenvalue weighted by atomic mass is 16.2. The lowest BCUT2D eigenvalue weighted by Crippen LogP contribution is -2.33. The Balaban J connectivity index is 2.57. The lowest BCUT2D eigenvalue weighted by Gasteiger charge is -2.20. The summed E-state index contributed by atoms with van der Waals surface area (Å²) in [6, 6.07) is 0.217. The molecule has 1 N–H and O–H groups in total. The Morgan fingerprint density at radius 1 is 1.29 bits per heavy atom. The summed E-state index contributed by atoms with van der Waals surface area (Å²) in [7, 11) is 0. The fourth-order valence-corrected chi connectivity index (χ4v) is 2.88. The lowest BCUT2D eigenvalue weighted by atomic mass is 10.1. The first-order valence-electron chi connectivity index (χ1n) is 8.01. The molecular weight excluding hydrogens is 264 g/mol. The number of nitrogens with zero attached hydrogens (tertiary/aromatic N) is 3. The van der Waals surface area contributed by atoms with Crippen LogP contribution in [0.15, 0.2) is 0 Å². The molecule has 0 bridgehead atoms. The van der Waals surface area contributed by atoms with Crippen LogP contribution < -0.4 is 5.32 Å². The van der Waals surface area contributed by atoms with Crippen LogP contribution in [-0.4, -0.2) is 40.2 Å². The molecule has 1 amide bonds. The number of hydrogen-bond acceptors (Lipinski definition) is 3. The van der Waals surface area contributed by atoms with Crippen molar-refractivity contribution in [2.24, 2.45) is 0 Å². The van der Waals surface area contributed by atoms with Gasteiger partial charge in [-0.05, 0) is 41.5 Å². The quantitative estimate of drug-likeness (QED) is 0.801. The Labute approximate surface area is 128 Å². The second-order valence-electron chi connectivity index (χ2n) is 5.39. The van der Waals surface area contributed by atoms with E-state index in [4.69, 9.17) is 0 Å². The number of aromatic nitrogens is 2. The van der Waals surface area contributed by atoms with Crippen LogP contribution in [0.2, 0.25) is 0 Å². The zero-order chi connectivity index (χ0) is 16.0. The number of carbonyl (C=O) groups is 1. The molecular formula is C16H30N4O. The van der Waals surface area contributed by atoms with E-state index in [9.17, 15) is 4.79 Å². The van der Waals surface area contributed by atoms with E-state index < -0.39 is 0 Å². The zero-order valence-electron chi connectivity index (χ0n) is 14.4.